The second-order valence-electron chi connectivity index (χ2n) is 3.98. The first kappa shape index (κ1) is 13.8. The first-order chi connectivity index (χ1) is 9.03. The molecule has 0 atom stereocenters. The zero-order valence-corrected chi connectivity index (χ0v) is 12.3. The largest absolute Gasteiger partial charge is 0.223 e. The maximum Gasteiger partial charge on any atom is 0.182 e. The summed E-state index contributed by atoms with van der Waals surface area (Å²) in [6, 6.07) is 15.2. The Hall–Kier alpha value is -1.64. The van der Waals surface area contributed by atoms with Crippen LogP contribution >= 0.6 is 15.9 Å². The fraction of sp³-hybridized carbons (Fsp3) is 0.0714. The molecule has 0 N–H and O–H groups in total. The van der Waals surface area contributed by atoms with Gasteiger partial charge in [-0.1, -0.05) is 34.1 Å². The molecule has 0 radical (unpaired) electrons. The van der Waals surface area contributed by atoms with Crippen molar-refractivity contribution in [1.82, 2.24) is 0 Å². The van der Waals surface area contributed by atoms with Gasteiger partial charge in [0.05, 0.1) is 22.3 Å². The molecule has 96 valence electrons. The zero-order valence-electron chi connectivity index (χ0n) is 9.88. The summed E-state index contributed by atoms with van der Waals surface area (Å²) in [6.45, 7) is 0. The number of benzene rings is 2. The fourth-order valence-corrected chi connectivity index (χ4v) is 3.33. The van der Waals surface area contributed by atoms with E-state index in [1.54, 1.807) is 48.5 Å². The van der Waals surface area contributed by atoms with Crippen LogP contribution in [0.2, 0.25) is 0 Å². The predicted molar refractivity (Wildman–Crippen MR) is 76.2 cm³/mol. The SMILES string of the molecule is N#Cc1ccccc1CS(=O)(=O)c1ccc(Br)cc1. The van der Waals surface area contributed by atoms with Crippen molar-refractivity contribution < 1.29 is 8.42 Å². The lowest BCUT2D eigenvalue weighted by Crippen LogP contribution is -2.06. The molecule has 0 aliphatic heterocycles. The Kier molecular flexibility index (Phi) is 4.03. The van der Waals surface area contributed by atoms with Crippen molar-refractivity contribution in [3.63, 3.8) is 0 Å². The summed E-state index contributed by atoms with van der Waals surface area (Å²) in [5.41, 5.74) is 0.913. The molecule has 5 heteroatoms. The minimum atomic E-state index is -3.43. The summed E-state index contributed by atoms with van der Waals surface area (Å²) < 4.78 is 25.3. The number of hydrogen-bond acceptors (Lipinski definition) is 3. The lowest BCUT2D eigenvalue weighted by molar-refractivity contribution is 0.595. The van der Waals surface area contributed by atoms with Crippen LogP contribution in [0.3, 0.4) is 0 Å². The molecule has 0 saturated carbocycles. The Balaban J connectivity index is 2.37. The molecule has 0 unspecified atom stereocenters. The number of nitrogens with zero attached hydrogens (tertiary/aromatic N) is 1. The number of halogens is 1. The summed E-state index contributed by atoms with van der Waals surface area (Å²) in [6.07, 6.45) is 0. The van der Waals surface area contributed by atoms with Crippen LogP contribution in [0, 0.1) is 11.3 Å². The topological polar surface area (TPSA) is 57.9 Å². The highest BCUT2D eigenvalue weighted by Gasteiger charge is 2.17. The van der Waals surface area contributed by atoms with Crippen LogP contribution in [-0.4, -0.2) is 8.42 Å². The Morgan fingerprint density at radius 1 is 1.05 bits per heavy atom. The second-order valence-corrected chi connectivity index (χ2v) is 6.89. The Morgan fingerprint density at radius 2 is 1.68 bits per heavy atom. The maximum atomic E-state index is 12.3. The normalized spacial score (nSPS) is 10.9. The van der Waals surface area contributed by atoms with Crippen molar-refractivity contribution in [3.8, 4) is 6.07 Å². The monoisotopic (exact) mass is 335 g/mol. The van der Waals surface area contributed by atoms with Gasteiger partial charge in [0.2, 0.25) is 0 Å². The molecule has 19 heavy (non-hydrogen) atoms. The highest BCUT2D eigenvalue weighted by molar-refractivity contribution is 9.10. The lowest BCUT2D eigenvalue weighted by atomic mass is 10.1. The molecule has 3 nitrogen and oxygen atoms in total. The Bertz CT molecular complexity index is 731. The van der Waals surface area contributed by atoms with E-state index in [0.717, 1.165) is 4.47 Å². The van der Waals surface area contributed by atoms with Crippen LogP contribution in [-0.2, 0) is 15.6 Å². The van der Waals surface area contributed by atoms with Crippen LogP contribution in [0.5, 0.6) is 0 Å². The highest BCUT2D eigenvalue weighted by Crippen LogP contribution is 2.20. The van der Waals surface area contributed by atoms with Crippen LogP contribution in [0.15, 0.2) is 57.9 Å². The van der Waals surface area contributed by atoms with Gasteiger partial charge in [-0.25, -0.2) is 8.42 Å². The summed E-state index contributed by atoms with van der Waals surface area (Å²) in [5.74, 6) is -0.168. The quantitative estimate of drug-likeness (QED) is 0.864. The molecule has 0 aromatic heterocycles. The third kappa shape index (κ3) is 3.22. The number of sulfone groups is 1. The van der Waals surface area contributed by atoms with Gasteiger partial charge < -0.3 is 0 Å². The van der Waals surface area contributed by atoms with E-state index in [-0.39, 0.29) is 10.6 Å². The van der Waals surface area contributed by atoms with Crippen molar-refractivity contribution >= 4 is 25.8 Å². The van der Waals surface area contributed by atoms with Crippen molar-refractivity contribution in [2.45, 2.75) is 10.6 Å². The summed E-state index contributed by atoms with van der Waals surface area (Å²) in [7, 11) is -3.43. The summed E-state index contributed by atoms with van der Waals surface area (Å²) in [5, 5.41) is 8.97. The molecule has 0 amide bonds. The first-order valence-corrected chi connectivity index (χ1v) is 7.94. The summed E-state index contributed by atoms with van der Waals surface area (Å²) >= 11 is 3.26. The first-order valence-electron chi connectivity index (χ1n) is 5.49. The van der Waals surface area contributed by atoms with Crippen molar-refractivity contribution in [2.75, 3.05) is 0 Å². The van der Waals surface area contributed by atoms with Crippen LogP contribution in [0.4, 0.5) is 0 Å². The zero-order chi connectivity index (χ0) is 13.9. The van der Waals surface area contributed by atoms with Gasteiger partial charge in [-0.3, -0.25) is 0 Å². The smallest absolute Gasteiger partial charge is 0.182 e. The molecule has 0 saturated heterocycles. The molecule has 2 rings (SSSR count). The van der Waals surface area contributed by atoms with Gasteiger partial charge in [0.15, 0.2) is 9.84 Å². The van der Waals surface area contributed by atoms with E-state index in [2.05, 4.69) is 15.9 Å². The molecule has 2 aromatic rings. The number of nitriles is 1. The third-order valence-corrected chi connectivity index (χ3v) is 4.87. The van der Waals surface area contributed by atoms with E-state index < -0.39 is 9.84 Å². The van der Waals surface area contributed by atoms with Crippen LogP contribution in [0.25, 0.3) is 0 Å². The molecule has 0 spiro atoms. The fourth-order valence-electron chi connectivity index (χ4n) is 1.69. The molecule has 0 fully saturated rings. The van der Waals surface area contributed by atoms with E-state index in [1.165, 1.54) is 0 Å². The van der Waals surface area contributed by atoms with E-state index >= 15 is 0 Å². The van der Waals surface area contributed by atoms with Gasteiger partial charge in [0.25, 0.3) is 0 Å². The van der Waals surface area contributed by atoms with Crippen LogP contribution in [0.1, 0.15) is 11.1 Å². The van der Waals surface area contributed by atoms with Gasteiger partial charge in [0.1, 0.15) is 0 Å². The average molecular weight is 336 g/mol. The predicted octanol–water partition coefficient (Wildman–Crippen LogP) is 3.29. The Labute approximate surface area is 120 Å². The standard InChI is InChI=1S/C14H10BrNO2S/c15-13-5-7-14(8-6-13)19(17,18)10-12-4-2-1-3-11(12)9-16/h1-8H,10H2. The molecular weight excluding hydrogens is 326 g/mol. The van der Waals surface area contributed by atoms with Crippen molar-refractivity contribution in [1.29, 1.82) is 5.26 Å². The van der Waals surface area contributed by atoms with E-state index in [0.29, 0.717) is 11.1 Å². The van der Waals surface area contributed by atoms with Crippen molar-refractivity contribution in [2.24, 2.45) is 0 Å². The van der Waals surface area contributed by atoms with Crippen LogP contribution < -0.4 is 0 Å². The molecular formula is C14H10BrNO2S. The average Bonchev–Trinajstić information content (AvgIpc) is 2.39. The number of rotatable bonds is 3. The second kappa shape index (κ2) is 5.55. The number of hydrogen-bond donors (Lipinski definition) is 0. The minimum absolute atomic E-state index is 0.168. The third-order valence-electron chi connectivity index (χ3n) is 2.66. The van der Waals surface area contributed by atoms with Gasteiger partial charge in [-0.15, -0.1) is 0 Å². The lowest BCUT2D eigenvalue weighted by Gasteiger charge is -2.06. The van der Waals surface area contributed by atoms with Gasteiger partial charge >= 0.3 is 0 Å². The highest BCUT2D eigenvalue weighted by atomic mass is 79.9. The molecule has 0 aliphatic rings. The van der Waals surface area contributed by atoms with Gasteiger partial charge in [-0.05, 0) is 35.9 Å². The van der Waals surface area contributed by atoms with E-state index in [4.69, 9.17) is 5.26 Å². The molecule has 0 aliphatic carbocycles. The minimum Gasteiger partial charge on any atom is -0.223 e. The van der Waals surface area contributed by atoms with Crippen molar-refractivity contribution in [3.05, 3.63) is 64.1 Å². The van der Waals surface area contributed by atoms with E-state index in [9.17, 15) is 8.42 Å². The summed E-state index contributed by atoms with van der Waals surface area (Å²) in [4.78, 5) is 0.253. The molecule has 2 aromatic carbocycles. The Morgan fingerprint density at radius 3 is 2.32 bits per heavy atom. The van der Waals surface area contributed by atoms with Gasteiger partial charge in [0, 0.05) is 4.47 Å². The molecule has 0 bridgehead atoms. The van der Waals surface area contributed by atoms with Gasteiger partial charge in [-0.2, -0.15) is 5.26 Å². The van der Waals surface area contributed by atoms with E-state index in [1.807, 2.05) is 6.07 Å². The molecule has 0 heterocycles. The maximum absolute atomic E-state index is 12.3.